The number of ether oxygens (including phenoxy) is 2. The summed E-state index contributed by atoms with van der Waals surface area (Å²) in [5.74, 6) is 0. The Labute approximate surface area is 59.8 Å². The molecule has 4 aliphatic rings. The Kier molecular flexibility index (Phi) is 0.868. The van der Waals surface area contributed by atoms with Crippen LogP contribution in [0.4, 0.5) is 0 Å². The maximum absolute atomic E-state index is 5.66. The van der Waals surface area contributed by atoms with Gasteiger partial charge in [0, 0.05) is 12.8 Å². The highest BCUT2D eigenvalue weighted by atomic mass is 16.6. The molecule has 4 atom stereocenters. The summed E-state index contributed by atoms with van der Waals surface area (Å²) in [5.41, 5.74) is 0. The van der Waals surface area contributed by atoms with Crippen LogP contribution in [0.1, 0.15) is 12.8 Å². The van der Waals surface area contributed by atoms with Crippen molar-refractivity contribution in [3.05, 3.63) is 12.2 Å². The third-order valence-electron chi connectivity index (χ3n) is 2.58. The molecule has 0 saturated carbocycles. The summed E-state index contributed by atoms with van der Waals surface area (Å²) >= 11 is 0. The Bertz CT molecular complexity index is 156. The van der Waals surface area contributed by atoms with E-state index >= 15 is 0 Å². The molecule has 10 heavy (non-hydrogen) atoms. The van der Waals surface area contributed by atoms with Crippen LogP contribution in [0.5, 0.6) is 0 Å². The number of rotatable bonds is 0. The van der Waals surface area contributed by atoms with Gasteiger partial charge in [-0.05, 0) is 0 Å². The summed E-state index contributed by atoms with van der Waals surface area (Å²) in [6.07, 6.45) is 8.00. The van der Waals surface area contributed by atoms with Crippen LogP contribution >= 0.6 is 0 Å². The standard InChI is InChI=1S/C8H10O2/c1-2-6-4-8-7(10-6)3-5(1)9-8/h1-2,5-8H,3-4H2. The predicted octanol–water partition coefficient (Wildman–Crippen LogP) is 0.871. The molecule has 4 unspecified atom stereocenters. The predicted molar refractivity (Wildman–Crippen MR) is 35.7 cm³/mol. The maximum Gasteiger partial charge on any atom is 0.0874 e. The first-order valence-corrected chi connectivity index (χ1v) is 3.91. The molecule has 0 aromatic carbocycles. The van der Waals surface area contributed by atoms with Gasteiger partial charge in [-0.25, -0.2) is 0 Å². The second-order valence-corrected chi connectivity index (χ2v) is 3.28. The van der Waals surface area contributed by atoms with Crippen molar-refractivity contribution in [1.82, 2.24) is 0 Å². The summed E-state index contributed by atoms with van der Waals surface area (Å²) in [6, 6.07) is 0. The van der Waals surface area contributed by atoms with E-state index in [2.05, 4.69) is 12.2 Å². The largest absolute Gasteiger partial charge is 0.368 e. The molecule has 4 rings (SSSR count). The highest BCUT2D eigenvalue weighted by Gasteiger charge is 2.44. The monoisotopic (exact) mass is 138 g/mol. The minimum Gasteiger partial charge on any atom is -0.368 e. The second kappa shape index (κ2) is 1.63. The van der Waals surface area contributed by atoms with E-state index in [4.69, 9.17) is 9.47 Å². The first kappa shape index (κ1) is 5.33. The summed E-state index contributed by atoms with van der Waals surface area (Å²) in [5, 5.41) is 0. The second-order valence-electron chi connectivity index (χ2n) is 3.28. The fraction of sp³-hybridized carbons (Fsp3) is 0.750. The third kappa shape index (κ3) is 0.559. The van der Waals surface area contributed by atoms with Gasteiger partial charge < -0.3 is 9.47 Å². The van der Waals surface area contributed by atoms with Gasteiger partial charge in [0.1, 0.15) is 0 Å². The van der Waals surface area contributed by atoms with E-state index in [9.17, 15) is 0 Å². The normalized spacial score (nSPS) is 56.0. The minimum atomic E-state index is 0.363. The SMILES string of the molecule is C1=CC2CC3OC1CC3O2. The van der Waals surface area contributed by atoms with E-state index in [1.165, 1.54) is 0 Å². The Morgan fingerprint density at radius 2 is 1.40 bits per heavy atom. The number of hydrogen-bond acceptors (Lipinski definition) is 2. The Balaban J connectivity index is 2.04. The summed E-state index contributed by atoms with van der Waals surface area (Å²) in [4.78, 5) is 0. The molecule has 4 heterocycles. The van der Waals surface area contributed by atoms with Crippen molar-refractivity contribution in [2.75, 3.05) is 0 Å². The van der Waals surface area contributed by atoms with Crippen LogP contribution in [0.15, 0.2) is 12.2 Å². The van der Waals surface area contributed by atoms with Crippen molar-refractivity contribution in [1.29, 1.82) is 0 Å². The van der Waals surface area contributed by atoms with Gasteiger partial charge in [-0.15, -0.1) is 0 Å². The molecule has 0 aliphatic carbocycles. The smallest absolute Gasteiger partial charge is 0.0874 e. The molecular formula is C8H10O2. The Morgan fingerprint density at radius 3 is 1.90 bits per heavy atom. The minimum absolute atomic E-state index is 0.363. The van der Waals surface area contributed by atoms with E-state index in [-0.39, 0.29) is 0 Å². The van der Waals surface area contributed by atoms with Gasteiger partial charge in [0.15, 0.2) is 0 Å². The molecule has 4 aliphatic heterocycles. The van der Waals surface area contributed by atoms with Gasteiger partial charge in [-0.2, -0.15) is 0 Å². The Morgan fingerprint density at radius 1 is 0.900 bits per heavy atom. The van der Waals surface area contributed by atoms with E-state index in [0.717, 1.165) is 12.8 Å². The molecule has 4 bridgehead atoms. The average molecular weight is 138 g/mol. The number of hydrogen-bond donors (Lipinski definition) is 0. The highest BCUT2D eigenvalue weighted by molar-refractivity contribution is 5.09. The van der Waals surface area contributed by atoms with Gasteiger partial charge in [0.2, 0.25) is 0 Å². The molecule has 0 radical (unpaired) electrons. The fourth-order valence-electron chi connectivity index (χ4n) is 2.10. The topological polar surface area (TPSA) is 18.5 Å². The molecule has 54 valence electrons. The van der Waals surface area contributed by atoms with E-state index in [0.29, 0.717) is 24.4 Å². The third-order valence-corrected chi connectivity index (χ3v) is 2.58. The van der Waals surface area contributed by atoms with Crippen molar-refractivity contribution in [3.63, 3.8) is 0 Å². The van der Waals surface area contributed by atoms with E-state index in [1.807, 2.05) is 0 Å². The lowest BCUT2D eigenvalue weighted by Gasteiger charge is -2.04. The van der Waals surface area contributed by atoms with Crippen molar-refractivity contribution in [2.45, 2.75) is 37.3 Å². The maximum atomic E-state index is 5.66. The van der Waals surface area contributed by atoms with E-state index in [1.54, 1.807) is 0 Å². The molecule has 0 aromatic rings. The molecular weight excluding hydrogens is 128 g/mol. The quantitative estimate of drug-likeness (QED) is 0.462. The van der Waals surface area contributed by atoms with Crippen LogP contribution in [0.2, 0.25) is 0 Å². The summed E-state index contributed by atoms with van der Waals surface area (Å²) < 4.78 is 11.3. The molecule has 2 saturated heterocycles. The summed E-state index contributed by atoms with van der Waals surface area (Å²) in [7, 11) is 0. The molecule has 0 N–H and O–H groups in total. The van der Waals surface area contributed by atoms with Crippen molar-refractivity contribution >= 4 is 0 Å². The molecule has 2 fully saturated rings. The fourth-order valence-corrected chi connectivity index (χ4v) is 2.10. The molecule has 0 aromatic heterocycles. The molecule has 0 amide bonds. The van der Waals surface area contributed by atoms with Crippen LogP contribution in [0.25, 0.3) is 0 Å². The zero-order valence-electron chi connectivity index (χ0n) is 5.69. The lowest BCUT2D eigenvalue weighted by atomic mass is 10.1. The first-order valence-electron chi connectivity index (χ1n) is 3.91. The van der Waals surface area contributed by atoms with Crippen molar-refractivity contribution in [2.24, 2.45) is 0 Å². The van der Waals surface area contributed by atoms with Crippen LogP contribution in [-0.4, -0.2) is 24.4 Å². The highest BCUT2D eigenvalue weighted by Crippen LogP contribution is 2.37. The van der Waals surface area contributed by atoms with Crippen LogP contribution in [-0.2, 0) is 9.47 Å². The summed E-state index contributed by atoms with van der Waals surface area (Å²) in [6.45, 7) is 0. The van der Waals surface area contributed by atoms with Gasteiger partial charge >= 0.3 is 0 Å². The lowest BCUT2D eigenvalue weighted by molar-refractivity contribution is 0.0445. The lowest BCUT2D eigenvalue weighted by Crippen LogP contribution is -2.13. The zero-order chi connectivity index (χ0) is 6.55. The molecule has 2 nitrogen and oxygen atoms in total. The van der Waals surface area contributed by atoms with Gasteiger partial charge in [-0.1, -0.05) is 12.2 Å². The van der Waals surface area contributed by atoms with Crippen LogP contribution in [0.3, 0.4) is 0 Å². The van der Waals surface area contributed by atoms with E-state index < -0.39 is 0 Å². The average Bonchev–Trinajstić information content (AvgIpc) is 2.15. The molecule has 2 heteroatoms. The van der Waals surface area contributed by atoms with Crippen molar-refractivity contribution in [3.8, 4) is 0 Å². The van der Waals surface area contributed by atoms with Crippen LogP contribution in [0, 0.1) is 0 Å². The van der Waals surface area contributed by atoms with Gasteiger partial charge in [0.05, 0.1) is 24.4 Å². The van der Waals surface area contributed by atoms with Crippen molar-refractivity contribution < 1.29 is 9.47 Å². The first-order chi connectivity index (χ1) is 4.92. The van der Waals surface area contributed by atoms with Gasteiger partial charge in [-0.3, -0.25) is 0 Å². The van der Waals surface area contributed by atoms with Gasteiger partial charge in [0.25, 0.3) is 0 Å². The Hall–Kier alpha value is -0.340. The van der Waals surface area contributed by atoms with Crippen LogP contribution < -0.4 is 0 Å². The zero-order valence-corrected chi connectivity index (χ0v) is 5.69. The molecule has 0 spiro atoms.